The second-order valence-electron chi connectivity index (χ2n) is 11.7. The second kappa shape index (κ2) is 14.1. The lowest BCUT2D eigenvalue weighted by atomic mass is 9.88. The zero-order chi connectivity index (χ0) is 33.1. The third-order valence-electron chi connectivity index (χ3n) is 8.19. The first-order valence-electron chi connectivity index (χ1n) is 14.9. The molecule has 0 radical (unpaired) electrons. The summed E-state index contributed by atoms with van der Waals surface area (Å²) < 4.78 is 40.9. The third-order valence-corrected chi connectivity index (χ3v) is 8.42. The Hall–Kier alpha value is -3.77. The van der Waals surface area contributed by atoms with Crippen molar-refractivity contribution in [2.75, 3.05) is 32.1 Å². The first-order valence-corrected chi connectivity index (χ1v) is 15.3. The van der Waals surface area contributed by atoms with Crippen molar-refractivity contribution in [3.8, 4) is 0 Å². The molecular weight excluding hydrogens is 611 g/mol. The SMILES string of the molecule is CCC(CC)NC(=O)N(OC(=O)C(F)(F)F)C(C(=O)N1C[C@@H](CN(C)C)Cc2cc(Cl)ccc21)C(C)c1c[nH]c2ccccc12. The number of fused-ring (bicyclic) bond motifs is 2. The summed E-state index contributed by atoms with van der Waals surface area (Å²) in [5.74, 6) is -4.28. The molecule has 0 aliphatic carbocycles. The molecule has 3 atom stereocenters. The minimum atomic E-state index is -5.42. The summed E-state index contributed by atoms with van der Waals surface area (Å²) in [4.78, 5) is 52.3. The van der Waals surface area contributed by atoms with Crippen LogP contribution in [0.25, 0.3) is 10.9 Å². The Bertz CT molecular complexity index is 1520. The lowest BCUT2D eigenvalue weighted by Gasteiger charge is -2.41. The quantitative estimate of drug-likeness (QED) is 0.266. The Balaban J connectivity index is 1.88. The number of benzene rings is 2. The lowest BCUT2D eigenvalue weighted by Crippen LogP contribution is -2.59. The van der Waals surface area contributed by atoms with E-state index < -0.39 is 42.1 Å². The number of hydrogen-bond donors (Lipinski definition) is 2. The third kappa shape index (κ3) is 7.73. The van der Waals surface area contributed by atoms with Gasteiger partial charge in [-0.05, 0) is 74.7 Å². The zero-order valence-corrected chi connectivity index (χ0v) is 26.7. The number of hydroxylamine groups is 2. The first-order chi connectivity index (χ1) is 21.2. The monoisotopic (exact) mass is 649 g/mol. The van der Waals surface area contributed by atoms with E-state index in [0.717, 1.165) is 11.1 Å². The van der Waals surface area contributed by atoms with Crippen LogP contribution in [0.2, 0.25) is 5.02 Å². The largest absolute Gasteiger partial charge is 0.493 e. The maximum atomic E-state index is 14.8. The van der Waals surface area contributed by atoms with Gasteiger partial charge >= 0.3 is 18.2 Å². The molecule has 1 aliphatic rings. The van der Waals surface area contributed by atoms with E-state index in [0.29, 0.717) is 47.5 Å². The first kappa shape index (κ1) is 34.1. The molecule has 2 unspecified atom stereocenters. The Labute approximate surface area is 265 Å². The van der Waals surface area contributed by atoms with E-state index in [1.165, 1.54) is 4.90 Å². The zero-order valence-electron chi connectivity index (χ0n) is 26.0. The molecule has 0 saturated carbocycles. The predicted octanol–water partition coefficient (Wildman–Crippen LogP) is 6.28. The summed E-state index contributed by atoms with van der Waals surface area (Å²) in [6.45, 7) is 6.07. The van der Waals surface area contributed by atoms with Crippen molar-refractivity contribution in [3.63, 3.8) is 0 Å². The summed E-state index contributed by atoms with van der Waals surface area (Å²) in [5.41, 5.74) is 2.60. The van der Waals surface area contributed by atoms with Gasteiger partial charge in [0.05, 0.1) is 0 Å². The average molecular weight is 650 g/mol. The van der Waals surface area contributed by atoms with Crippen molar-refractivity contribution in [3.05, 3.63) is 64.8 Å². The van der Waals surface area contributed by atoms with Gasteiger partial charge in [-0.1, -0.05) is 50.6 Å². The maximum absolute atomic E-state index is 14.8. The van der Waals surface area contributed by atoms with E-state index in [2.05, 4.69) is 10.3 Å². The topological polar surface area (TPSA) is 98.0 Å². The maximum Gasteiger partial charge on any atom is 0.493 e. The van der Waals surface area contributed by atoms with Gasteiger partial charge in [-0.15, -0.1) is 5.06 Å². The highest BCUT2D eigenvalue weighted by Gasteiger charge is 2.48. The molecule has 9 nitrogen and oxygen atoms in total. The molecule has 4 rings (SSSR count). The second-order valence-corrected chi connectivity index (χ2v) is 12.2. The molecule has 2 heterocycles. The summed E-state index contributed by atoms with van der Waals surface area (Å²) in [7, 11) is 3.81. The van der Waals surface area contributed by atoms with Gasteiger partial charge < -0.3 is 24.9 Å². The van der Waals surface area contributed by atoms with Gasteiger partial charge in [-0.3, -0.25) is 4.79 Å². The number of hydrogen-bond acceptors (Lipinski definition) is 5. The number of aromatic amines is 1. The molecule has 1 aromatic heterocycles. The number of nitrogens with zero attached hydrogens (tertiary/aromatic N) is 3. The molecule has 2 aromatic carbocycles. The number of alkyl halides is 3. The molecule has 3 aromatic rings. The molecule has 244 valence electrons. The smallest absolute Gasteiger partial charge is 0.361 e. The van der Waals surface area contributed by atoms with Crippen molar-refractivity contribution in [1.29, 1.82) is 0 Å². The number of anilines is 1. The standard InChI is InChI=1S/C32H39ClF3N5O4/c1-6-23(7-2)38-31(44)41(45-30(43)32(34,35)36)28(19(3)25-16-37-26-11-9-8-10-24(25)26)29(42)40-18-20(17-39(4)5)14-21-15-22(33)12-13-27(21)40/h8-13,15-16,19-20,23,28,37H,6-7,14,17-18H2,1-5H3,(H,38,44)/t19?,20-,28?/m1/s1. The van der Waals surface area contributed by atoms with Crippen molar-refractivity contribution in [1.82, 2.24) is 20.3 Å². The van der Waals surface area contributed by atoms with Crippen LogP contribution < -0.4 is 10.2 Å². The molecule has 45 heavy (non-hydrogen) atoms. The summed E-state index contributed by atoms with van der Waals surface area (Å²) >= 11 is 6.32. The predicted molar refractivity (Wildman–Crippen MR) is 167 cm³/mol. The normalized spacial score (nSPS) is 16.4. The van der Waals surface area contributed by atoms with Gasteiger partial charge in [-0.2, -0.15) is 13.2 Å². The number of carbonyl (C=O) groups excluding carboxylic acids is 3. The fourth-order valence-electron chi connectivity index (χ4n) is 5.97. The summed E-state index contributed by atoms with van der Waals surface area (Å²) in [6.07, 6.45) is -2.23. The molecular formula is C32H39ClF3N5O4. The number of nitrogens with one attached hydrogen (secondary N) is 2. The van der Waals surface area contributed by atoms with Crippen LogP contribution >= 0.6 is 11.6 Å². The molecule has 13 heteroatoms. The number of para-hydroxylation sites is 1. The van der Waals surface area contributed by atoms with Gasteiger partial charge in [0, 0.05) is 52.9 Å². The van der Waals surface area contributed by atoms with Crippen LogP contribution in [0, 0.1) is 5.92 Å². The molecule has 2 N–H and O–H groups in total. The van der Waals surface area contributed by atoms with Crippen LogP contribution in [0.1, 0.15) is 50.7 Å². The molecule has 0 bridgehead atoms. The van der Waals surface area contributed by atoms with Crippen molar-refractivity contribution in [2.45, 2.75) is 64.2 Å². The number of amides is 3. The highest BCUT2D eigenvalue weighted by atomic mass is 35.5. The van der Waals surface area contributed by atoms with E-state index in [-0.39, 0.29) is 17.5 Å². The van der Waals surface area contributed by atoms with E-state index in [9.17, 15) is 27.6 Å². The number of H-pyrrole nitrogens is 1. The molecule has 0 fully saturated rings. The van der Waals surface area contributed by atoms with Gasteiger partial charge in [-0.25, -0.2) is 9.59 Å². The van der Waals surface area contributed by atoms with Gasteiger partial charge in [0.25, 0.3) is 5.91 Å². The average Bonchev–Trinajstić information content (AvgIpc) is 3.42. The lowest BCUT2D eigenvalue weighted by molar-refractivity contribution is -0.233. The van der Waals surface area contributed by atoms with E-state index in [1.807, 2.05) is 31.1 Å². The number of aromatic nitrogens is 1. The van der Waals surface area contributed by atoms with Crippen LogP contribution in [-0.2, 0) is 20.8 Å². The number of urea groups is 1. The number of halogens is 4. The van der Waals surface area contributed by atoms with E-state index in [4.69, 9.17) is 16.4 Å². The van der Waals surface area contributed by atoms with E-state index >= 15 is 0 Å². The van der Waals surface area contributed by atoms with Crippen LogP contribution in [0.4, 0.5) is 23.7 Å². The molecule has 0 saturated heterocycles. The van der Waals surface area contributed by atoms with Gasteiger partial charge in [0.2, 0.25) is 0 Å². The van der Waals surface area contributed by atoms with Crippen LogP contribution in [0.15, 0.2) is 48.7 Å². The minimum absolute atomic E-state index is 0.0523. The summed E-state index contributed by atoms with van der Waals surface area (Å²) in [5, 5.41) is 4.12. The number of rotatable bonds is 9. The Morgan fingerprint density at radius 3 is 2.47 bits per heavy atom. The van der Waals surface area contributed by atoms with Crippen LogP contribution in [0.5, 0.6) is 0 Å². The molecule has 3 amide bonds. The number of carbonyl (C=O) groups is 3. The minimum Gasteiger partial charge on any atom is -0.361 e. The van der Waals surface area contributed by atoms with Gasteiger partial charge in [0.15, 0.2) is 6.04 Å². The summed E-state index contributed by atoms with van der Waals surface area (Å²) in [6, 6.07) is 9.08. The Morgan fingerprint density at radius 1 is 1.13 bits per heavy atom. The molecule has 1 aliphatic heterocycles. The van der Waals surface area contributed by atoms with Gasteiger partial charge in [0.1, 0.15) is 0 Å². The highest BCUT2D eigenvalue weighted by molar-refractivity contribution is 6.30. The fourth-order valence-corrected chi connectivity index (χ4v) is 6.17. The van der Waals surface area contributed by atoms with Crippen LogP contribution in [-0.4, -0.2) is 78.3 Å². The van der Waals surface area contributed by atoms with Crippen molar-refractivity contribution in [2.24, 2.45) is 5.92 Å². The fraction of sp³-hybridized carbons (Fsp3) is 0.469. The Morgan fingerprint density at radius 2 is 1.82 bits per heavy atom. The van der Waals surface area contributed by atoms with Crippen LogP contribution in [0.3, 0.4) is 0 Å². The van der Waals surface area contributed by atoms with Crippen molar-refractivity contribution >= 4 is 46.1 Å². The highest BCUT2D eigenvalue weighted by Crippen LogP contribution is 2.37. The van der Waals surface area contributed by atoms with Crippen molar-refractivity contribution < 1.29 is 32.4 Å². The Kier molecular flexibility index (Phi) is 10.7. The molecule has 0 spiro atoms. The van der Waals surface area contributed by atoms with E-state index in [1.54, 1.807) is 57.3 Å².